The van der Waals surface area contributed by atoms with E-state index in [1.54, 1.807) is 0 Å². The SMILES string of the molecule is CC(C)C(=O)CCCS(C)(=O)=O. The zero-order chi connectivity index (χ0) is 9.78. The predicted octanol–water partition coefficient (Wildman–Crippen LogP) is 1.04. The van der Waals surface area contributed by atoms with Crippen molar-refractivity contribution in [1.29, 1.82) is 0 Å². The van der Waals surface area contributed by atoms with E-state index in [1.807, 2.05) is 13.8 Å². The van der Waals surface area contributed by atoms with Gasteiger partial charge in [-0.2, -0.15) is 0 Å². The Labute approximate surface area is 74.1 Å². The standard InChI is InChI=1S/C8H16O3S/c1-7(2)8(9)5-4-6-12(3,10)11/h7H,4-6H2,1-3H3. The molecule has 0 unspecified atom stereocenters. The molecular weight excluding hydrogens is 176 g/mol. The molecule has 0 aromatic carbocycles. The lowest BCUT2D eigenvalue weighted by atomic mass is 10.1. The van der Waals surface area contributed by atoms with E-state index in [2.05, 4.69) is 0 Å². The molecule has 0 heterocycles. The monoisotopic (exact) mass is 192 g/mol. The van der Waals surface area contributed by atoms with Gasteiger partial charge < -0.3 is 0 Å². The molecule has 0 rings (SSSR count). The van der Waals surface area contributed by atoms with Crippen LogP contribution in [0, 0.1) is 5.92 Å². The van der Waals surface area contributed by atoms with Gasteiger partial charge in [-0.25, -0.2) is 8.42 Å². The molecule has 0 amide bonds. The lowest BCUT2D eigenvalue weighted by Crippen LogP contribution is -2.10. The summed E-state index contributed by atoms with van der Waals surface area (Å²) in [5.41, 5.74) is 0. The third-order valence-electron chi connectivity index (χ3n) is 1.58. The van der Waals surface area contributed by atoms with Crippen LogP contribution in [0.3, 0.4) is 0 Å². The fourth-order valence-corrected chi connectivity index (χ4v) is 1.47. The Morgan fingerprint density at radius 2 is 1.83 bits per heavy atom. The largest absolute Gasteiger partial charge is 0.299 e. The van der Waals surface area contributed by atoms with Gasteiger partial charge in [0.1, 0.15) is 15.6 Å². The van der Waals surface area contributed by atoms with Crippen molar-refractivity contribution in [2.24, 2.45) is 5.92 Å². The Kier molecular flexibility index (Phi) is 4.45. The van der Waals surface area contributed by atoms with E-state index >= 15 is 0 Å². The Balaban J connectivity index is 3.66. The molecule has 0 saturated heterocycles. The molecule has 0 aliphatic carbocycles. The Hall–Kier alpha value is -0.380. The van der Waals surface area contributed by atoms with Crippen LogP contribution in [0.1, 0.15) is 26.7 Å². The second-order valence-electron chi connectivity index (χ2n) is 3.35. The summed E-state index contributed by atoms with van der Waals surface area (Å²) in [7, 11) is -2.90. The van der Waals surface area contributed by atoms with Crippen LogP contribution < -0.4 is 0 Å². The first-order valence-corrected chi connectivity index (χ1v) is 6.09. The van der Waals surface area contributed by atoms with Gasteiger partial charge in [0, 0.05) is 18.6 Å². The summed E-state index contributed by atoms with van der Waals surface area (Å²) in [4.78, 5) is 11.0. The first-order chi connectivity index (χ1) is 5.33. The van der Waals surface area contributed by atoms with Crippen LogP contribution in [0.2, 0.25) is 0 Å². The van der Waals surface area contributed by atoms with E-state index in [-0.39, 0.29) is 17.5 Å². The molecule has 12 heavy (non-hydrogen) atoms. The second kappa shape index (κ2) is 4.60. The third-order valence-corrected chi connectivity index (χ3v) is 2.61. The van der Waals surface area contributed by atoms with E-state index in [9.17, 15) is 13.2 Å². The van der Waals surface area contributed by atoms with E-state index in [0.717, 1.165) is 0 Å². The molecule has 0 aliphatic heterocycles. The quantitative estimate of drug-likeness (QED) is 0.654. The molecule has 0 aromatic rings. The number of carbonyl (C=O) groups is 1. The lowest BCUT2D eigenvalue weighted by Gasteiger charge is -2.02. The molecule has 0 saturated carbocycles. The van der Waals surface area contributed by atoms with Gasteiger partial charge in [-0.1, -0.05) is 13.8 Å². The summed E-state index contributed by atoms with van der Waals surface area (Å²) in [6, 6.07) is 0. The van der Waals surface area contributed by atoms with Crippen LogP contribution in [0.4, 0.5) is 0 Å². The normalized spacial score (nSPS) is 12.0. The number of hydrogen-bond donors (Lipinski definition) is 0. The highest BCUT2D eigenvalue weighted by Crippen LogP contribution is 2.02. The minimum Gasteiger partial charge on any atom is -0.299 e. The van der Waals surface area contributed by atoms with E-state index in [0.29, 0.717) is 12.8 Å². The van der Waals surface area contributed by atoms with Gasteiger partial charge in [-0.05, 0) is 6.42 Å². The van der Waals surface area contributed by atoms with E-state index < -0.39 is 9.84 Å². The summed E-state index contributed by atoms with van der Waals surface area (Å²) in [5, 5.41) is 0. The van der Waals surface area contributed by atoms with Gasteiger partial charge in [-0.15, -0.1) is 0 Å². The van der Waals surface area contributed by atoms with Crippen LogP contribution in [0.5, 0.6) is 0 Å². The van der Waals surface area contributed by atoms with Crippen LogP contribution >= 0.6 is 0 Å². The van der Waals surface area contributed by atoms with Crippen molar-refractivity contribution in [3.8, 4) is 0 Å². The number of hydrogen-bond acceptors (Lipinski definition) is 3. The van der Waals surface area contributed by atoms with Crippen molar-refractivity contribution in [3.63, 3.8) is 0 Å². The Bertz CT molecular complexity index is 239. The zero-order valence-electron chi connectivity index (χ0n) is 7.83. The number of carbonyl (C=O) groups excluding carboxylic acids is 1. The van der Waals surface area contributed by atoms with Crippen molar-refractivity contribution in [1.82, 2.24) is 0 Å². The highest BCUT2D eigenvalue weighted by Gasteiger charge is 2.08. The molecule has 0 N–H and O–H groups in total. The van der Waals surface area contributed by atoms with Gasteiger partial charge in [0.05, 0.1) is 5.75 Å². The Morgan fingerprint density at radius 3 is 2.17 bits per heavy atom. The summed E-state index contributed by atoms with van der Waals surface area (Å²) in [6.07, 6.45) is 2.02. The van der Waals surface area contributed by atoms with Gasteiger partial charge in [0.2, 0.25) is 0 Å². The average Bonchev–Trinajstić information content (AvgIpc) is 1.84. The van der Waals surface area contributed by atoms with E-state index in [1.165, 1.54) is 6.26 Å². The van der Waals surface area contributed by atoms with Gasteiger partial charge in [0.15, 0.2) is 0 Å². The first-order valence-electron chi connectivity index (χ1n) is 4.03. The van der Waals surface area contributed by atoms with Crippen molar-refractivity contribution in [2.45, 2.75) is 26.7 Å². The molecule has 0 bridgehead atoms. The number of rotatable bonds is 5. The maximum absolute atomic E-state index is 11.0. The van der Waals surface area contributed by atoms with Crippen molar-refractivity contribution < 1.29 is 13.2 Å². The molecular formula is C8H16O3S. The molecule has 0 aromatic heterocycles. The third kappa shape index (κ3) is 6.34. The first kappa shape index (κ1) is 11.6. The zero-order valence-corrected chi connectivity index (χ0v) is 8.65. The number of sulfone groups is 1. The maximum Gasteiger partial charge on any atom is 0.147 e. The number of ketones is 1. The smallest absolute Gasteiger partial charge is 0.147 e. The minimum atomic E-state index is -2.90. The molecule has 0 aliphatic rings. The molecule has 3 nitrogen and oxygen atoms in total. The molecule has 0 atom stereocenters. The second-order valence-corrected chi connectivity index (χ2v) is 5.61. The molecule has 0 fully saturated rings. The van der Waals surface area contributed by atoms with Crippen LogP contribution in [0.15, 0.2) is 0 Å². The summed E-state index contributed by atoms with van der Waals surface area (Å²) in [5.74, 6) is 0.272. The van der Waals surface area contributed by atoms with Gasteiger partial charge in [0.25, 0.3) is 0 Å². The molecule has 0 spiro atoms. The van der Waals surface area contributed by atoms with Gasteiger partial charge >= 0.3 is 0 Å². The summed E-state index contributed by atoms with van der Waals surface area (Å²) in [6.45, 7) is 3.64. The molecule has 0 radical (unpaired) electrons. The Morgan fingerprint density at radius 1 is 1.33 bits per heavy atom. The summed E-state index contributed by atoms with van der Waals surface area (Å²) >= 11 is 0. The lowest BCUT2D eigenvalue weighted by molar-refractivity contribution is -0.121. The molecule has 72 valence electrons. The van der Waals surface area contributed by atoms with Crippen LogP contribution in [-0.4, -0.2) is 26.2 Å². The topological polar surface area (TPSA) is 51.2 Å². The van der Waals surface area contributed by atoms with Crippen molar-refractivity contribution >= 4 is 15.6 Å². The van der Waals surface area contributed by atoms with Gasteiger partial charge in [-0.3, -0.25) is 4.79 Å². The van der Waals surface area contributed by atoms with E-state index in [4.69, 9.17) is 0 Å². The summed E-state index contributed by atoms with van der Waals surface area (Å²) < 4.78 is 21.3. The highest BCUT2D eigenvalue weighted by atomic mass is 32.2. The van der Waals surface area contributed by atoms with Crippen molar-refractivity contribution in [3.05, 3.63) is 0 Å². The number of Topliss-reactive ketones (excluding diaryl/α,β-unsaturated/α-hetero) is 1. The fourth-order valence-electron chi connectivity index (χ4n) is 0.797. The fraction of sp³-hybridized carbons (Fsp3) is 0.875. The van der Waals surface area contributed by atoms with Crippen molar-refractivity contribution in [2.75, 3.05) is 12.0 Å². The maximum atomic E-state index is 11.0. The predicted molar refractivity (Wildman–Crippen MR) is 48.8 cm³/mol. The van der Waals surface area contributed by atoms with Crippen LogP contribution in [-0.2, 0) is 14.6 Å². The average molecular weight is 192 g/mol. The van der Waals surface area contributed by atoms with Crippen LogP contribution in [0.25, 0.3) is 0 Å². The highest BCUT2D eigenvalue weighted by molar-refractivity contribution is 7.90. The minimum absolute atomic E-state index is 0.0181. The molecule has 4 heteroatoms.